The molecule has 0 radical (unpaired) electrons. The molecule has 12 heteroatoms. The lowest BCUT2D eigenvalue weighted by Crippen LogP contribution is -2.46. The molecule has 0 fully saturated rings. The molecule has 3 amide bonds. The Kier molecular flexibility index (Phi) is 12.1. The number of halogens is 1. The lowest BCUT2D eigenvalue weighted by atomic mass is 10.1. The van der Waals surface area contributed by atoms with Gasteiger partial charge in [0.25, 0.3) is 11.8 Å². The number of nitrogens with one attached hydrogen (secondary N) is 3. The molecule has 0 saturated carbocycles. The van der Waals surface area contributed by atoms with E-state index in [4.69, 9.17) is 10.5 Å². The van der Waals surface area contributed by atoms with Crippen LogP contribution < -0.4 is 21.7 Å². The van der Waals surface area contributed by atoms with Gasteiger partial charge in [0.2, 0.25) is 5.91 Å². The van der Waals surface area contributed by atoms with Gasteiger partial charge in [0, 0.05) is 0 Å². The Balaban J connectivity index is 2.41. The van der Waals surface area contributed by atoms with Crippen LogP contribution in [0.3, 0.4) is 0 Å². The Bertz CT molecular complexity index is 1020. The molecular formula is C24H32FN5O5S. The number of aromatic nitrogens is 1. The van der Waals surface area contributed by atoms with E-state index in [1.54, 1.807) is 12.2 Å². The number of ether oxygens (including phenoxy) is 1. The van der Waals surface area contributed by atoms with Gasteiger partial charge < -0.3 is 26.4 Å². The van der Waals surface area contributed by atoms with Gasteiger partial charge >= 0.3 is 5.97 Å². The fourth-order valence-corrected chi connectivity index (χ4v) is 3.45. The minimum Gasteiger partial charge on any atom is -0.456 e. The molecule has 2 atom stereocenters. The molecule has 10 nitrogen and oxygen atoms in total. The molecular weight excluding hydrogens is 489 g/mol. The summed E-state index contributed by atoms with van der Waals surface area (Å²) in [7, 11) is 0. The van der Waals surface area contributed by atoms with Crippen molar-refractivity contribution in [3.63, 3.8) is 0 Å². The molecule has 196 valence electrons. The Morgan fingerprint density at radius 3 is 2.69 bits per heavy atom. The number of thiol groups is 1. The number of fused-ring (bicyclic) bond motifs is 2. The van der Waals surface area contributed by atoms with E-state index < -0.39 is 41.7 Å². The fourth-order valence-electron chi connectivity index (χ4n) is 3.30. The number of nitrogens with two attached hydrogens (primary N) is 1. The van der Waals surface area contributed by atoms with Crippen LogP contribution in [-0.2, 0) is 25.7 Å². The largest absolute Gasteiger partial charge is 0.456 e. The number of pyridine rings is 1. The Hall–Kier alpha value is -3.25. The SMILES string of the molecule is C/C=C1\NC(=O)c2ccc(F)c(n2)CNC(=O)C[C@@H](/C=C/CCS)OC(=O)[C@H](CCCCN)NC1=O. The first-order valence-electron chi connectivity index (χ1n) is 11.7. The first-order chi connectivity index (χ1) is 17.3. The highest BCUT2D eigenvalue weighted by molar-refractivity contribution is 7.80. The topological polar surface area (TPSA) is 153 Å². The van der Waals surface area contributed by atoms with Crippen molar-refractivity contribution >= 4 is 36.3 Å². The average molecular weight is 522 g/mol. The van der Waals surface area contributed by atoms with Crippen LogP contribution in [0.15, 0.2) is 36.1 Å². The molecule has 0 unspecified atom stereocenters. The summed E-state index contributed by atoms with van der Waals surface area (Å²) in [6.45, 7) is 1.66. The smallest absolute Gasteiger partial charge is 0.329 e. The fraction of sp³-hybridized carbons (Fsp3) is 0.458. The number of carbonyl (C=O) groups is 4. The van der Waals surface area contributed by atoms with Gasteiger partial charge in [-0.1, -0.05) is 12.2 Å². The summed E-state index contributed by atoms with van der Waals surface area (Å²) >= 11 is 4.14. The van der Waals surface area contributed by atoms with Crippen LogP contribution >= 0.6 is 12.6 Å². The standard InChI is InChI=1S/C24H32FN5O5S/c1-2-17-22(32)30-19(8-3-5-11-26)24(34)35-15(7-4-6-12-36)13-21(31)27-14-20-16(25)9-10-18(28-20)23(33)29-17/h2,4,7,9-10,15,19,36H,3,5-6,8,11-14,26H2,1H3,(H,27,31)(H,29,33)(H,30,32)/b7-4+,17-2-/t15-,19+/m1/s1. The molecule has 0 aromatic carbocycles. The summed E-state index contributed by atoms with van der Waals surface area (Å²) in [5, 5.41) is 7.55. The van der Waals surface area contributed by atoms with Gasteiger partial charge in [-0.2, -0.15) is 12.6 Å². The molecule has 2 rings (SSSR count). The molecule has 0 spiro atoms. The zero-order valence-electron chi connectivity index (χ0n) is 20.1. The van der Waals surface area contributed by atoms with Gasteiger partial charge in [0.15, 0.2) is 0 Å². The van der Waals surface area contributed by atoms with E-state index in [-0.39, 0.29) is 36.5 Å². The van der Waals surface area contributed by atoms with Crippen LogP contribution in [0.2, 0.25) is 0 Å². The van der Waals surface area contributed by atoms with E-state index in [1.165, 1.54) is 19.1 Å². The van der Waals surface area contributed by atoms with Crippen LogP contribution in [0.5, 0.6) is 0 Å². The molecule has 2 bridgehead atoms. The van der Waals surface area contributed by atoms with Gasteiger partial charge in [-0.05, 0) is 63.1 Å². The highest BCUT2D eigenvalue weighted by Gasteiger charge is 2.27. The van der Waals surface area contributed by atoms with Crippen molar-refractivity contribution in [2.75, 3.05) is 12.3 Å². The second-order valence-corrected chi connectivity index (χ2v) is 8.44. The van der Waals surface area contributed by atoms with Crippen molar-refractivity contribution in [2.24, 2.45) is 5.73 Å². The van der Waals surface area contributed by atoms with Gasteiger partial charge in [-0.15, -0.1) is 0 Å². The summed E-state index contributed by atoms with van der Waals surface area (Å²) in [6, 6.07) is 1.18. The monoisotopic (exact) mass is 521 g/mol. The van der Waals surface area contributed by atoms with Crippen LogP contribution in [0, 0.1) is 5.82 Å². The number of allylic oxidation sites excluding steroid dienone is 2. The van der Waals surface area contributed by atoms with Gasteiger partial charge in [0.1, 0.15) is 29.4 Å². The number of carbonyl (C=O) groups excluding carboxylic acids is 4. The van der Waals surface area contributed by atoms with Crippen molar-refractivity contribution in [1.29, 1.82) is 0 Å². The minimum atomic E-state index is -1.04. The number of amides is 3. The maximum Gasteiger partial charge on any atom is 0.329 e. The van der Waals surface area contributed by atoms with Crippen molar-refractivity contribution in [3.8, 4) is 0 Å². The number of esters is 1. The third-order valence-electron chi connectivity index (χ3n) is 5.22. The molecule has 1 aliphatic rings. The predicted octanol–water partition coefficient (Wildman–Crippen LogP) is 1.28. The van der Waals surface area contributed by atoms with Crippen molar-refractivity contribution in [3.05, 3.63) is 53.3 Å². The number of cyclic esters (lactones) is 1. The normalized spacial score (nSPS) is 21.2. The molecule has 1 aromatic rings. The van der Waals surface area contributed by atoms with Crippen LogP contribution in [0.25, 0.3) is 0 Å². The van der Waals surface area contributed by atoms with Crippen LogP contribution in [0.4, 0.5) is 4.39 Å². The van der Waals surface area contributed by atoms with Crippen molar-refractivity contribution in [2.45, 2.75) is 57.7 Å². The minimum absolute atomic E-state index is 0.116. The second kappa shape index (κ2) is 15.0. The van der Waals surface area contributed by atoms with Crippen LogP contribution in [0.1, 0.15) is 55.2 Å². The lowest BCUT2D eigenvalue weighted by molar-refractivity contribution is -0.152. The van der Waals surface area contributed by atoms with E-state index in [1.807, 2.05) is 0 Å². The van der Waals surface area contributed by atoms with E-state index >= 15 is 0 Å². The van der Waals surface area contributed by atoms with Crippen molar-refractivity contribution < 1.29 is 28.3 Å². The molecule has 0 saturated heterocycles. The third kappa shape index (κ3) is 9.08. The number of unbranched alkanes of at least 4 members (excludes halogenated alkanes) is 1. The first kappa shape index (κ1) is 29.0. The first-order valence-corrected chi connectivity index (χ1v) is 12.3. The second-order valence-electron chi connectivity index (χ2n) is 7.99. The summed E-state index contributed by atoms with van der Waals surface area (Å²) < 4.78 is 19.8. The van der Waals surface area contributed by atoms with Gasteiger partial charge in [-0.25, -0.2) is 14.2 Å². The Labute approximate surface area is 214 Å². The maximum atomic E-state index is 14.2. The number of hydrogen-bond acceptors (Lipinski definition) is 8. The van der Waals surface area contributed by atoms with Crippen LogP contribution in [-0.4, -0.2) is 53.1 Å². The number of nitrogens with zero attached hydrogens (tertiary/aromatic N) is 1. The zero-order valence-corrected chi connectivity index (χ0v) is 21.0. The zero-order chi connectivity index (χ0) is 26.5. The predicted molar refractivity (Wildman–Crippen MR) is 134 cm³/mol. The Morgan fingerprint density at radius 2 is 2.00 bits per heavy atom. The molecule has 0 aliphatic carbocycles. The lowest BCUT2D eigenvalue weighted by Gasteiger charge is -2.22. The summed E-state index contributed by atoms with van der Waals surface area (Å²) in [6.07, 6.45) is 5.51. The van der Waals surface area contributed by atoms with E-state index in [2.05, 4.69) is 33.6 Å². The quantitative estimate of drug-likeness (QED) is 0.119. The van der Waals surface area contributed by atoms with E-state index in [0.717, 1.165) is 6.07 Å². The van der Waals surface area contributed by atoms with Gasteiger partial charge in [0.05, 0.1) is 18.7 Å². The molecule has 2 heterocycles. The van der Waals surface area contributed by atoms with Crippen molar-refractivity contribution in [1.82, 2.24) is 20.9 Å². The molecule has 1 aromatic heterocycles. The number of rotatable bonds is 7. The molecule has 1 aliphatic heterocycles. The molecule has 5 N–H and O–H groups in total. The molecule has 36 heavy (non-hydrogen) atoms. The number of hydrogen-bond donors (Lipinski definition) is 5. The third-order valence-corrected chi connectivity index (χ3v) is 5.48. The summed E-state index contributed by atoms with van der Waals surface area (Å²) in [4.78, 5) is 55.1. The summed E-state index contributed by atoms with van der Waals surface area (Å²) in [5.41, 5.74) is 5.13. The van der Waals surface area contributed by atoms with Gasteiger partial charge in [-0.3, -0.25) is 14.4 Å². The highest BCUT2D eigenvalue weighted by atomic mass is 32.1. The highest BCUT2D eigenvalue weighted by Crippen LogP contribution is 2.12. The van der Waals surface area contributed by atoms with E-state index in [0.29, 0.717) is 31.6 Å². The maximum absolute atomic E-state index is 14.2. The average Bonchev–Trinajstić information content (AvgIpc) is 2.85. The summed E-state index contributed by atoms with van der Waals surface area (Å²) in [5.74, 6) is -2.88. The van der Waals surface area contributed by atoms with E-state index in [9.17, 15) is 23.6 Å². The Morgan fingerprint density at radius 1 is 1.22 bits per heavy atom.